The molecule has 1 atom stereocenters. The molecule has 9 nitrogen and oxygen atoms in total. The summed E-state index contributed by atoms with van der Waals surface area (Å²) in [6.45, 7) is 0. The Morgan fingerprint density at radius 2 is 1.74 bits per heavy atom. The molecule has 2 amide bonds. The van der Waals surface area contributed by atoms with Crippen molar-refractivity contribution in [2.24, 2.45) is 14.1 Å². The number of aromatic nitrogens is 5. The highest BCUT2D eigenvalue weighted by Crippen LogP contribution is 2.41. The van der Waals surface area contributed by atoms with Crippen molar-refractivity contribution in [2.75, 3.05) is 5.32 Å². The molecule has 212 valence electrons. The first-order chi connectivity index (χ1) is 20.4. The Kier molecular flexibility index (Phi) is 7.58. The summed E-state index contributed by atoms with van der Waals surface area (Å²) in [5.41, 5.74) is 6.00. The molecule has 10 heteroatoms. The number of nitrogens with one attached hydrogen (secondary N) is 2. The van der Waals surface area contributed by atoms with E-state index in [1.807, 2.05) is 41.9 Å². The molecule has 1 saturated carbocycles. The molecule has 3 aromatic carbocycles. The van der Waals surface area contributed by atoms with Crippen molar-refractivity contribution < 1.29 is 9.59 Å². The van der Waals surface area contributed by atoms with Gasteiger partial charge in [0.2, 0.25) is 5.91 Å². The third-order valence-corrected chi connectivity index (χ3v) is 7.90. The van der Waals surface area contributed by atoms with Crippen LogP contribution in [-0.2, 0) is 25.3 Å². The zero-order valence-corrected chi connectivity index (χ0v) is 24.0. The molecule has 0 radical (unpaired) electrons. The molecule has 0 saturated heterocycles. The molecule has 0 bridgehead atoms. The van der Waals surface area contributed by atoms with Gasteiger partial charge in [0.1, 0.15) is 18.1 Å². The van der Waals surface area contributed by atoms with Gasteiger partial charge in [0.25, 0.3) is 5.91 Å². The predicted octanol–water partition coefficient (Wildman–Crippen LogP) is 5.39. The van der Waals surface area contributed by atoms with Gasteiger partial charge in [-0.05, 0) is 83.5 Å². The number of amides is 2. The average molecular weight is 580 g/mol. The molecule has 1 aliphatic carbocycles. The fourth-order valence-electron chi connectivity index (χ4n) is 5.03. The first kappa shape index (κ1) is 27.4. The molecule has 5 aromatic rings. The number of hydrogen-bond acceptors (Lipinski definition) is 5. The van der Waals surface area contributed by atoms with Gasteiger partial charge in [0.15, 0.2) is 5.82 Å². The third kappa shape index (κ3) is 5.96. The van der Waals surface area contributed by atoms with E-state index in [9.17, 15) is 9.59 Å². The van der Waals surface area contributed by atoms with Gasteiger partial charge < -0.3 is 15.2 Å². The van der Waals surface area contributed by atoms with E-state index >= 15 is 0 Å². The smallest absolute Gasteiger partial charge is 0.270 e. The van der Waals surface area contributed by atoms with Gasteiger partial charge in [-0.15, -0.1) is 10.2 Å². The minimum absolute atomic E-state index is 0.196. The Morgan fingerprint density at radius 1 is 0.976 bits per heavy atom. The molecule has 2 N–H and O–H groups in total. The second-order valence-corrected chi connectivity index (χ2v) is 11.0. The second-order valence-electron chi connectivity index (χ2n) is 10.6. The largest absolute Gasteiger partial charge is 0.339 e. The Bertz CT molecular complexity index is 1750. The normalized spacial score (nSPS) is 13.5. The van der Waals surface area contributed by atoms with Gasteiger partial charge in [0.05, 0.1) is 0 Å². The highest BCUT2D eigenvalue weighted by molar-refractivity contribution is 6.31. The lowest BCUT2D eigenvalue weighted by atomic mass is 9.97. The summed E-state index contributed by atoms with van der Waals surface area (Å²) in [6, 6.07) is 22.4. The minimum atomic E-state index is -0.906. The number of nitrogens with zero attached hydrogens (tertiary/aromatic N) is 5. The van der Waals surface area contributed by atoms with Crippen molar-refractivity contribution >= 4 is 29.1 Å². The Balaban J connectivity index is 1.26. The molecule has 42 heavy (non-hydrogen) atoms. The number of benzene rings is 3. The summed E-state index contributed by atoms with van der Waals surface area (Å²) in [6.07, 6.45) is 5.82. The standard InChI is InChI=1S/C32H30ClN7O2/c1-39-19-34-38-30(39)21-8-11-26(12-9-21)36-31(41)28(37-32(42)29-14-15-35-40(29)2)18-25-17-24(10-13-27(25)33)23-5-3-4-22(16-23)20-6-7-20/h3-5,8-17,19-20,28H,6-7,18H2,1-2H3,(H,36,41)(H,37,42). The van der Waals surface area contributed by atoms with E-state index in [2.05, 4.69) is 50.2 Å². The molecule has 0 spiro atoms. The van der Waals surface area contributed by atoms with Crippen LogP contribution < -0.4 is 10.6 Å². The van der Waals surface area contributed by atoms with E-state index in [-0.39, 0.29) is 12.3 Å². The molecular formula is C32H30ClN7O2. The Hall–Kier alpha value is -4.76. The van der Waals surface area contributed by atoms with Gasteiger partial charge in [-0.1, -0.05) is 41.9 Å². The van der Waals surface area contributed by atoms with E-state index in [0.717, 1.165) is 22.3 Å². The van der Waals surface area contributed by atoms with Crippen molar-refractivity contribution in [1.82, 2.24) is 29.9 Å². The second kappa shape index (κ2) is 11.6. The van der Waals surface area contributed by atoms with Crippen molar-refractivity contribution in [3.8, 4) is 22.5 Å². The summed E-state index contributed by atoms with van der Waals surface area (Å²) in [5.74, 6) is 0.583. The molecular weight excluding hydrogens is 550 g/mol. The fraction of sp³-hybridized carbons (Fsp3) is 0.219. The molecule has 1 aliphatic rings. The van der Waals surface area contributed by atoms with Crippen LogP contribution in [0.4, 0.5) is 5.69 Å². The van der Waals surface area contributed by atoms with Crippen LogP contribution in [0.5, 0.6) is 0 Å². The van der Waals surface area contributed by atoms with E-state index in [0.29, 0.717) is 28.1 Å². The zero-order chi connectivity index (χ0) is 29.2. The Morgan fingerprint density at radius 3 is 2.43 bits per heavy atom. The van der Waals surface area contributed by atoms with Crippen LogP contribution in [0.1, 0.15) is 40.4 Å². The fourth-order valence-corrected chi connectivity index (χ4v) is 5.23. The van der Waals surface area contributed by atoms with Gasteiger partial charge in [-0.3, -0.25) is 14.3 Å². The van der Waals surface area contributed by atoms with Gasteiger partial charge in [-0.2, -0.15) is 5.10 Å². The molecule has 1 fully saturated rings. The number of halogens is 1. The summed E-state index contributed by atoms with van der Waals surface area (Å²) in [7, 11) is 3.54. The van der Waals surface area contributed by atoms with Crippen molar-refractivity contribution in [3.05, 3.63) is 107 Å². The third-order valence-electron chi connectivity index (χ3n) is 7.54. The molecule has 1 unspecified atom stereocenters. The van der Waals surface area contributed by atoms with Crippen LogP contribution in [0.3, 0.4) is 0 Å². The number of anilines is 1. The molecule has 6 rings (SSSR count). The maximum absolute atomic E-state index is 13.6. The van der Waals surface area contributed by atoms with Gasteiger partial charge >= 0.3 is 0 Å². The van der Waals surface area contributed by atoms with Crippen LogP contribution in [0.15, 0.2) is 85.3 Å². The highest BCUT2D eigenvalue weighted by Gasteiger charge is 2.26. The monoisotopic (exact) mass is 579 g/mol. The lowest BCUT2D eigenvalue weighted by Gasteiger charge is -2.20. The molecule has 0 aliphatic heterocycles. The summed E-state index contributed by atoms with van der Waals surface area (Å²) >= 11 is 6.65. The first-order valence-corrected chi connectivity index (χ1v) is 14.2. The lowest BCUT2D eigenvalue weighted by molar-refractivity contribution is -0.118. The van der Waals surface area contributed by atoms with Crippen molar-refractivity contribution in [1.29, 1.82) is 0 Å². The summed E-state index contributed by atoms with van der Waals surface area (Å²) in [4.78, 5) is 26.8. The van der Waals surface area contributed by atoms with E-state index < -0.39 is 11.9 Å². The quantitative estimate of drug-likeness (QED) is 0.243. The maximum atomic E-state index is 13.6. The van der Waals surface area contributed by atoms with E-state index in [1.54, 1.807) is 37.8 Å². The number of aryl methyl sites for hydroxylation is 2. The van der Waals surface area contributed by atoms with Crippen molar-refractivity contribution in [3.63, 3.8) is 0 Å². The number of carbonyl (C=O) groups excluding carboxylic acids is 2. The lowest BCUT2D eigenvalue weighted by Crippen LogP contribution is -2.45. The van der Waals surface area contributed by atoms with Gasteiger partial charge in [-0.25, -0.2) is 0 Å². The van der Waals surface area contributed by atoms with E-state index in [4.69, 9.17) is 11.6 Å². The topological polar surface area (TPSA) is 107 Å². The summed E-state index contributed by atoms with van der Waals surface area (Å²) in [5, 5.41) is 18.5. The SMILES string of the molecule is Cn1cnnc1-c1ccc(NC(=O)C(Cc2cc(-c3cccc(C4CC4)c3)ccc2Cl)NC(=O)c2ccnn2C)cc1. The molecule has 2 aromatic heterocycles. The first-order valence-electron chi connectivity index (χ1n) is 13.8. The van der Waals surface area contributed by atoms with Crippen molar-refractivity contribution in [2.45, 2.75) is 31.2 Å². The zero-order valence-electron chi connectivity index (χ0n) is 23.3. The summed E-state index contributed by atoms with van der Waals surface area (Å²) < 4.78 is 3.29. The van der Waals surface area contributed by atoms with Crippen LogP contribution in [0.2, 0.25) is 5.02 Å². The minimum Gasteiger partial charge on any atom is -0.339 e. The van der Waals surface area contributed by atoms with Crippen LogP contribution >= 0.6 is 11.6 Å². The van der Waals surface area contributed by atoms with E-state index in [1.165, 1.54) is 23.1 Å². The van der Waals surface area contributed by atoms with Crippen LogP contribution in [0, 0.1) is 0 Å². The maximum Gasteiger partial charge on any atom is 0.270 e. The van der Waals surface area contributed by atoms with Gasteiger partial charge in [0, 0.05) is 43.0 Å². The highest BCUT2D eigenvalue weighted by atomic mass is 35.5. The predicted molar refractivity (Wildman–Crippen MR) is 162 cm³/mol. The Labute approximate surface area is 248 Å². The number of rotatable bonds is 9. The number of carbonyl (C=O) groups is 2. The average Bonchev–Trinajstić information content (AvgIpc) is 3.62. The molecule has 2 heterocycles. The van der Waals surface area contributed by atoms with Crippen LogP contribution in [-0.4, -0.2) is 42.4 Å². The number of hydrogen-bond donors (Lipinski definition) is 2. The van der Waals surface area contributed by atoms with Crippen LogP contribution in [0.25, 0.3) is 22.5 Å².